The van der Waals surface area contributed by atoms with E-state index >= 15 is 0 Å². The van der Waals surface area contributed by atoms with Crippen LogP contribution in [0.25, 0.3) is 6.08 Å². The van der Waals surface area contributed by atoms with Gasteiger partial charge in [0.05, 0.1) is 24.9 Å². The van der Waals surface area contributed by atoms with Gasteiger partial charge in [-0.05, 0) is 46.6 Å². The summed E-state index contributed by atoms with van der Waals surface area (Å²) in [7, 11) is 3.16. The molecule has 0 aliphatic rings. The van der Waals surface area contributed by atoms with Crippen LogP contribution in [0.2, 0.25) is 0 Å². The lowest BCUT2D eigenvalue weighted by Gasteiger charge is -2.07. The molecule has 0 radical (unpaired) electrons. The molecule has 0 spiro atoms. The molecular weight excluding hydrogens is 348 g/mol. The predicted octanol–water partition coefficient (Wildman–Crippen LogP) is 3.58. The lowest BCUT2D eigenvalue weighted by molar-refractivity contribution is 0.103. The van der Waals surface area contributed by atoms with Crippen LogP contribution in [0.4, 0.5) is 0 Å². The Labute approximate surface area is 137 Å². The number of rotatable bonds is 6. The molecule has 0 saturated carbocycles. The van der Waals surface area contributed by atoms with E-state index in [1.165, 1.54) is 6.08 Å². The van der Waals surface area contributed by atoms with Gasteiger partial charge < -0.3 is 9.47 Å². The molecule has 0 fully saturated rings. The lowest BCUT2D eigenvalue weighted by Crippen LogP contribution is -2.07. The number of halogens is 1. The molecule has 2 rings (SSSR count). The Kier molecular flexibility index (Phi) is 5.38. The number of allylic oxidation sites excluding steroid dienone is 1. The first kappa shape index (κ1) is 16.3. The van der Waals surface area contributed by atoms with Crippen LogP contribution < -0.4 is 9.47 Å². The Balaban J connectivity index is 2.24. The van der Waals surface area contributed by atoms with Gasteiger partial charge in [0.2, 0.25) is 5.78 Å². The van der Waals surface area contributed by atoms with Crippen molar-refractivity contribution in [2.45, 2.75) is 13.5 Å². The minimum atomic E-state index is -0.110. The second kappa shape index (κ2) is 7.26. The lowest BCUT2D eigenvalue weighted by atomic mass is 10.1. The summed E-state index contributed by atoms with van der Waals surface area (Å²) in [4.78, 5) is 12.3. The highest BCUT2D eigenvalue weighted by Gasteiger charge is 2.13. The van der Waals surface area contributed by atoms with Crippen molar-refractivity contribution in [2.24, 2.45) is 0 Å². The number of hydrogen-bond acceptors (Lipinski definition) is 4. The first-order valence-electron chi connectivity index (χ1n) is 6.76. The summed E-state index contributed by atoms with van der Waals surface area (Å²) in [5.41, 5.74) is 1.39. The van der Waals surface area contributed by atoms with Gasteiger partial charge in [0.15, 0.2) is 11.5 Å². The minimum Gasteiger partial charge on any atom is -0.493 e. The van der Waals surface area contributed by atoms with Gasteiger partial charge in [-0.15, -0.1) is 0 Å². The van der Waals surface area contributed by atoms with Gasteiger partial charge in [0.1, 0.15) is 5.69 Å². The SMILES string of the molecule is CCn1ncc(Br)c1C(=O)/C=C/c1ccc(OC)c(OC)c1. The molecule has 0 unspecified atom stereocenters. The Bertz CT molecular complexity index is 707. The number of hydrogen-bond donors (Lipinski definition) is 0. The molecule has 1 aromatic heterocycles. The molecule has 0 bridgehead atoms. The van der Waals surface area contributed by atoms with Crippen LogP contribution in [-0.4, -0.2) is 29.8 Å². The van der Waals surface area contributed by atoms with Crippen molar-refractivity contribution in [2.75, 3.05) is 14.2 Å². The summed E-state index contributed by atoms with van der Waals surface area (Å²) in [6.07, 6.45) is 4.89. The number of aryl methyl sites for hydroxylation is 1. The van der Waals surface area contributed by atoms with Crippen LogP contribution in [-0.2, 0) is 6.54 Å². The fourth-order valence-corrected chi connectivity index (χ4v) is 2.55. The standard InChI is InChI=1S/C16H17BrN2O3/c1-4-19-16(12(17)10-18-19)13(20)7-5-11-6-8-14(21-2)15(9-11)22-3/h5-10H,4H2,1-3H3/b7-5+. The molecule has 5 nitrogen and oxygen atoms in total. The van der Waals surface area contributed by atoms with Gasteiger partial charge in [-0.25, -0.2) is 0 Å². The van der Waals surface area contributed by atoms with Gasteiger partial charge >= 0.3 is 0 Å². The Morgan fingerprint density at radius 1 is 1.32 bits per heavy atom. The molecule has 2 aromatic rings. The molecule has 116 valence electrons. The molecule has 0 atom stereocenters. The van der Waals surface area contributed by atoms with E-state index in [2.05, 4.69) is 21.0 Å². The second-order valence-corrected chi connectivity index (χ2v) is 5.32. The number of methoxy groups -OCH3 is 2. The zero-order valence-electron chi connectivity index (χ0n) is 12.7. The number of ether oxygens (including phenoxy) is 2. The Hall–Kier alpha value is -2.08. The van der Waals surface area contributed by atoms with Gasteiger partial charge in [-0.1, -0.05) is 12.1 Å². The van der Waals surface area contributed by atoms with E-state index in [4.69, 9.17) is 9.47 Å². The monoisotopic (exact) mass is 364 g/mol. The highest BCUT2D eigenvalue weighted by atomic mass is 79.9. The van der Waals surface area contributed by atoms with E-state index in [1.807, 2.05) is 19.1 Å². The zero-order chi connectivity index (χ0) is 16.1. The van der Waals surface area contributed by atoms with Crippen molar-refractivity contribution in [1.82, 2.24) is 9.78 Å². The number of carbonyl (C=O) groups is 1. The van der Waals surface area contributed by atoms with Crippen LogP contribution in [0.15, 0.2) is 34.9 Å². The van der Waals surface area contributed by atoms with E-state index in [9.17, 15) is 4.79 Å². The summed E-state index contributed by atoms with van der Waals surface area (Å²) < 4.78 is 12.8. The van der Waals surface area contributed by atoms with Crippen molar-refractivity contribution in [3.63, 3.8) is 0 Å². The smallest absolute Gasteiger partial charge is 0.205 e. The summed E-state index contributed by atoms with van der Waals surface area (Å²) in [5, 5.41) is 4.14. The third kappa shape index (κ3) is 3.39. The number of nitrogens with zero attached hydrogens (tertiary/aromatic N) is 2. The van der Waals surface area contributed by atoms with Crippen LogP contribution in [0.3, 0.4) is 0 Å². The van der Waals surface area contributed by atoms with Crippen molar-refractivity contribution in [3.8, 4) is 11.5 Å². The van der Waals surface area contributed by atoms with Crippen molar-refractivity contribution in [1.29, 1.82) is 0 Å². The number of benzene rings is 1. The van der Waals surface area contributed by atoms with Gasteiger partial charge in [-0.2, -0.15) is 5.10 Å². The number of aromatic nitrogens is 2. The second-order valence-electron chi connectivity index (χ2n) is 4.47. The molecule has 0 amide bonds. The van der Waals surface area contributed by atoms with E-state index in [0.29, 0.717) is 28.2 Å². The average molecular weight is 365 g/mol. The quantitative estimate of drug-likeness (QED) is 0.580. The Morgan fingerprint density at radius 2 is 2.05 bits per heavy atom. The van der Waals surface area contributed by atoms with E-state index < -0.39 is 0 Å². The molecule has 22 heavy (non-hydrogen) atoms. The van der Waals surface area contributed by atoms with Gasteiger partial charge in [0, 0.05) is 6.54 Å². The molecule has 0 aliphatic carbocycles. The highest BCUT2D eigenvalue weighted by Crippen LogP contribution is 2.28. The Morgan fingerprint density at radius 3 is 2.68 bits per heavy atom. The third-order valence-corrected chi connectivity index (χ3v) is 3.74. The highest BCUT2D eigenvalue weighted by molar-refractivity contribution is 9.10. The molecule has 1 aromatic carbocycles. The molecule has 0 aliphatic heterocycles. The van der Waals surface area contributed by atoms with Gasteiger partial charge in [-0.3, -0.25) is 9.48 Å². The van der Waals surface area contributed by atoms with Gasteiger partial charge in [0.25, 0.3) is 0 Å². The topological polar surface area (TPSA) is 53.4 Å². The maximum atomic E-state index is 12.3. The maximum Gasteiger partial charge on any atom is 0.205 e. The number of carbonyl (C=O) groups excluding carboxylic acids is 1. The molecule has 0 saturated heterocycles. The number of ketones is 1. The fraction of sp³-hybridized carbons (Fsp3) is 0.250. The predicted molar refractivity (Wildman–Crippen MR) is 88.5 cm³/mol. The van der Waals surface area contributed by atoms with Crippen LogP contribution >= 0.6 is 15.9 Å². The average Bonchev–Trinajstić information content (AvgIpc) is 2.93. The maximum absolute atomic E-state index is 12.3. The van der Waals surface area contributed by atoms with Crippen molar-refractivity contribution in [3.05, 3.63) is 46.2 Å². The first-order valence-corrected chi connectivity index (χ1v) is 7.55. The summed E-state index contributed by atoms with van der Waals surface area (Å²) in [5.74, 6) is 1.16. The molecule has 1 heterocycles. The third-order valence-electron chi connectivity index (χ3n) is 3.16. The van der Waals surface area contributed by atoms with Crippen LogP contribution in [0.5, 0.6) is 11.5 Å². The zero-order valence-corrected chi connectivity index (χ0v) is 14.3. The summed E-state index contributed by atoms with van der Waals surface area (Å²) >= 11 is 3.35. The van der Waals surface area contributed by atoms with E-state index in [0.717, 1.165) is 5.56 Å². The van der Waals surface area contributed by atoms with E-state index in [-0.39, 0.29) is 5.78 Å². The molecular formula is C16H17BrN2O3. The molecule has 6 heteroatoms. The molecule has 0 N–H and O–H groups in total. The van der Waals surface area contributed by atoms with Crippen LogP contribution in [0.1, 0.15) is 23.0 Å². The summed E-state index contributed by atoms with van der Waals surface area (Å²) in [6, 6.07) is 5.47. The first-order chi connectivity index (χ1) is 10.6. The van der Waals surface area contributed by atoms with Crippen molar-refractivity contribution >= 4 is 27.8 Å². The van der Waals surface area contributed by atoms with Crippen LogP contribution in [0, 0.1) is 0 Å². The normalized spacial score (nSPS) is 10.9. The van der Waals surface area contributed by atoms with Crippen molar-refractivity contribution < 1.29 is 14.3 Å². The van der Waals surface area contributed by atoms with E-state index in [1.54, 1.807) is 37.2 Å². The largest absolute Gasteiger partial charge is 0.493 e. The fourth-order valence-electron chi connectivity index (χ4n) is 2.05. The summed E-state index contributed by atoms with van der Waals surface area (Å²) in [6.45, 7) is 2.57. The minimum absolute atomic E-state index is 0.110.